The van der Waals surface area contributed by atoms with Crippen molar-refractivity contribution in [3.63, 3.8) is 0 Å². The Morgan fingerprint density at radius 3 is 2.57 bits per heavy atom. The van der Waals surface area contributed by atoms with Gasteiger partial charge in [-0.1, -0.05) is 43.3 Å². The van der Waals surface area contributed by atoms with E-state index in [1.165, 1.54) is 25.3 Å². The van der Waals surface area contributed by atoms with E-state index < -0.39 is 16.9 Å². The van der Waals surface area contributed by atoms with E-state index in [9.17, 15) is 19.7 Å². The van der Waals surface area contributed by atoms with Gasteiger partial charge in [0.15, 0.2) is 11.0 Å². The lowest BCUT2D eigenvalue weighted by molar-refractivity contribution is -0.384. The van der Waals surface area contributed by atoms with Crippen molar-refractivity contribution in [3.05, 3.63) is 69.5 Å². The second-order valence-electron chi connectivity index (χ2n) is 8.63. The van der Waals surface area contributed by atoms with Crippen LogP contribution >= 0.6 is 11.8 Å². The molecule has 11 nitrogen and oxygen atoms in total. The lowest BCUT2D eigenvalue weighted by Gasteiger charge is -2.22. The highest BCUT2D eigenvalue weighted by molar-refractivity contribution is 7.99. The number of aryl methyl sites for hydroxylation is 1. The van der Waals surface area contributed by atoms with E-state index in [-0.39, 0.29) is 29.0 Å². The van der Waals surface area contributed by atoms with Crippen molar-refractivity contribution in [2.45, 2.75) is 45.4 Å². The van der Waals surface area contributed by atoms with E-state index in [4.69, 9.17) is 4.74 Å². The molecule has 0 radical (unpaired) electrons. The topological polar surface area (TPSA) is 141 Å². The van der Waals surface area contributed by atoms with Crippen LogP contribution in [-0.2, 0) is 11.3 Å². The quantitative estimate of drug-likeness (QED) is 0.213. The second-order valence-corrected chi connectivity index (χ2v) is 9.57. The average molecular weight is 527 g/mol. The predicted molar refractivity (Wildman–Crippen MR) is 141 cm³/mol. The number of nitrogens with one attached hydrogen (secondary N) is 2. The number of nitro groups is 1. The molecule has 0 saturated carbocycles. The minimum Gasteiger partial charge on any atom is -0.496 e. The van der Waals surface area contributed by atoms with Crippen molar-refractivity contribution in [1.29, 1.82) is 0 Å². The van der Waals surface area contributed by atoms with Gasteiger partial charge < -0.3 is 19.9 Å². The molecule has 2 N–H and O–H groups in total. The maximum Gasteiger partial charge on any atom is 0.296 e. The minimum atomic E-state index is -0.581. The highest BCUT2D eigenvalue weighted by Crippen LogP contribution is 2.30. The van der Waals surface area contributed by atoms with Gasteiger partial charge >= 0.3 is 0 Å². The summed E-state index contributed by atoms with van der Waals surface area (Å²) in [4.78, 5) is 36.3. The molecule has 0 aliphatic heterocycles. The van der Waals surface area contributed by atoms with Crippen LogP contribution in [0.3, 0.4) is 0 Å². The molecule has 0 spiro atoms. The number of rotatable bonds is 11. The predicted octanol–water partition coefficient (Wildman–Crippen LogP) is 4.38. The maximum absolute atomic E-state index is 12.9. The van der Waals surface area contributed by atoms with E-state index in [1.807, 2.05) is 50.5 Å². The summed E-state index contributed by atoms with van der Waals surface area (Å²) in [7, 11) is 1.41. The largest absolute Gasteiger partial charge is 0.496 e. The van der Waals surface area contributed by atoms with Crippen LogP contribution in [0.4, 0.5) is 11.4 Å². The third-order valence-corrected chi connectivity index (χ3v) is 6.55. The zero-order chi connectivity index (χ0) is 27.1. The Morgan fingerprint density at radius 1 is 1.19 bits per heavy atom. The fraction of sp³-hybridized carbons (Fsp3) is 0.360. The van der Waals surface area contributed by atoms with E-state index in [0.717, 1.165) is 17.3 Å². The number of nitro benzene ring substituents is 1. The van der Waals surface area contributed by atoms with Crippen LogP contribution in [0.2, 0.25) is 0 Å². The molecule has 1 heterocycles. The summed E-state index contributed by atoms with van der Waals surface area (Å²) in [5.41, 5.74) is 1.36. The molecular weight excluding hydrogens is 496 g/mol. The molecule has 37 heavy (non-hydrogen) atoms. The number of carbonyl (C=O) groups excluding carboxylic acids is 2. The molecule has 0 aliphatic carbocycles. The molecule has 2 amide bonds. The summed E-state index contributed by atoms with van der Waals surface area (Å²) in [6, 6.07) is 11.2. The molecule has 12 heteroatoms. The number of amides is 2. The zero-order valence-corrected chi connectivity index (χ0v) is 22.2. The van der Waals surface area contributed by atoms with Crippen LogP contribution in [0.1, 0.15) is 48.6 Å². The van der Waals surface area contributed by atoms with Crippen molar-refractivity contribution in [3.8, 4) is 5.75 Å². The Morgan fingerprint density at radius 2 is 1.95 bits per heavy atom. The SMILES string of the molecule is CCn1c(SCC(=O)Nc2ccc(OC)cc2[N+](=O)[O-])nnc1[C@@H](NC(=O)c1cccc(C)c1)C(C)C. The molecular formula is C25H30N6O5S. The van der Waals surface area contributed by atoms with Gasteiger partial charge in [0.1, 0.15) is 11.4 Å². The Bertz CT molecular complexity index is 1290. The summed E-state index contributed by atoms with van der Waals surface area (Å²) in [6.07, 6.45) is 0. The smallest absolute Gasteiger partial charge is 0.296 e. The molecule has 1 aromatic heterocycles. The van der Waals surface area contributed by atoms with Crippen molar-refractivity contribution < 1.29 is 19.2 Å². The van der Waals surface area contributed by atoms with Crippen molar-refractivity contribution in [1.82, 2.24) is 20.1 Å². The molecule has 0 unspecified atom stereocenters. The van der Waals surface area contributed by atoms with Crippen LogP contribution < -0.4 is 15.4 Å². The first-order chi connectivity index (χ1) is 17.6. The first-order valence-electron chi connectivity index (χ1n) is 11.7. The highest BCUT2D eigenvalue weighted by Gasteiger charge is 2.26. The molecule has 0 bridgehead atoms. The third-order valence-electron chi connectivity index (χ3n) is 5.58. The van der Waals surface area contributed by atoms with Crippen LogP contribution in [0.15, 0.2) is 47.6 Å². The van der Waals surface area contributed by atoms with E-state index in [0.29, 0.717) is 28.8 Å². The third kappa shape index (κ3) is 6.85. The average Bonchev–Trinajstić information content (AvgIpc) is 3.28. The molecule has 196 valence electrons. The highest BCUT2D eigenvalue weighted by atomic mass is 32.2. The number of hydrogen-bond acceptors (Lipinski definition) is 8. The fourth-order valence-corrected chi connectivity index (χ4v) is 4.50. The molecule has 0 aliphatic rings. The number of anilines is 1. The first kappa shape index (κ1) is 27.7. The Labute approximate surface area is 219 Å². The Kier molecular flexibility index (Phi) is 9.23. The normalized spacial score (nSPS) is 11.7. The summed E-state index contributed by atoms with van der Waals surface area (Å²) >= 11 is 1.16. The van der Waals surface area contributed by atoms with Gasteiger partial charge in [0.25, 0.3) is 11.6 Å². The number of benzene rings is 2. The maximum atomic E-state index is 12.9. The number of thioether (sulfide) groups is 1. The summed E-state index contributed by atoms with van der Waals surface area (Å²) in [5, 5.41) is 26.1. The second kappa shape index (κ2) is 12.3. The molecule has 1 atom stereocenters. The Balaban J connectivity index is 1.73. The summed E-state index contributed by atoms with van der Waals surface area (Å²) in [6.45, 7) is 8.35. The van der Waals surface area contributed by atoms with Crippen LogP contribution in [0.5, 0.6) is 5.75 Å². The van der Waals surface area contributed by atoms with E-state index in [2.05, 4.69) is 20.8 Å². The number of ether oxygens (including phenoxy) is 1. The zero-order valence-electron chi connectivity index (χ0n) is 21.3. The van der Waals surface area contributed by atoms with Crippen molar-refractivity contribution >= 4 is 35.0 Å². The molecule has 0 saturated heterocycles. The standard InChI is InChI=1S/C25H30N6O5S/c1-6-30-23(22(15(2)3)27-24(33)17-9-7-8-16(4)12-17)28-29-25(30)37-14-21(32)26-19-11-10-18(36-5)13-20(19)31(34)35/h7-13,15,22H,6,14H2,1-5H3,(H,26,32)(H,27,33)/t22-/m0/s1. The van der Waals surface area contributed by atoms with Crippen molar-refractivity contribution in [2.24, 2.45) is 5.92 Å². The fourth-order valence-electron chi connectivity index (χ4n) is 3.69. The van der Waals surface area contributed by atoms with Gasteiger partial charge in [-0.2, -0.15) is 0 Å². The number of nitrogens with zero attached hydrogens (tertiary/aromatic N) is 4. The lowest BCUT2D eigenvalue weighted by atomic mass is 10.0. The lowest BCUT2D eigenvalue weighted by Crippen LogP contribution is -2.33. The molecule has 2 aromatic carbocycles. The van der Waals surface area contributed by atoms with Crippen LogP contribution in [-0.4, -0.2) is 44.4 Å². The van der Waals surface area contributed by atoms with E-state index in [1.54, 1.807) is 6.07 Å². The summed E-state index contributed by atoms with van der Waals surface area (Å²) < 4.78 is 6.88. The minimum absolute atomic E-state index is 0.0278. The van der Waals surface area contributed by atoms with Crippen LogP contribution in [0.25, 0.3) is 0 Å². The first-order valence-corrected chi connectivity index (χ1v) is 12.7. The number of aromatic nitrogens is 3. The number of methoxy groups -OCH3 is 1. The van der Waals surface area contributed by atoms with E-state index >= 15 is 0 Å². The van der Waals surface area contributed by atoms with Gasteiger partial charge in [-0.3, -0.25) is 19.7 Å². The van der Waals surface area contributed by atoms with Gasteiger partial charge in [-0.05, 0) is 44.0 Å². The summed E-state index contributed by atoms with van der Waals surface area (Å²) in [5.74, 6) is 0.258. The molecule has 0 fully saturated rings. The van der Waals surface area contributed by atoms with Gasteiger partial charge in [0.05, 0.1) is 29.9 Å². The monoisotopic (exact) mass is 526 g/mol. The van der Waals surface area contributed by atoms with Crippen molar-refractivity contribution in [2.75, 3.05) is 18.2 Å². The number of hydrogen-bond donors (Lipinski definition) is 2. The number of carbonyl (C=O) groups is 2. The van der Waals surface area contributed by atoms with Gasteiger partial charge in [-0.15, -0.1) is 10.2 Å². The van der Waals surface area contributed by atoms with Crippen LogP contribution in [0, 0.1) is 23.0 Å². The molecule has 3 aromatic rings. The van der Waals surface area contributed by atoms with Gasteiger partial charge in [0.2, 0.25) is 5.91 Å². The van der Waals surface area contributed by atoms with Gasteiger partial charge in [0, 0.05) is 12.1 Å². The van der Waals surface area contributed by atoms with Gasteiger partial charge in [-0.25, -0.2) is 0 Å². The Hall–Kier alpha value is -3.93. The molecule has 3 rings (SSSR count).